The lowest BCUT2D eigenvalue weighted by Crippen LogP contribution is -2.15. The zero-order valence-corrected chi connectivity index (χ0v) is 15.5. The second-order valence-corrected chi connectivity index (χ2v) is 6.36. The normalized spacial score (nSPS) is 12.5. The van der Waals surface area contributed by atoms with Crippen molar-refractivity contribution in [3.63, 3.8) is 0 Å². The molecular weight excluding hydrogens is 340 g/mol. The molecule has 0 amide bonds. The summed E-state index contributed by atoms with van der Waals surface area (Å²) in [5.74, 6) is 2.96. The molecule has 0 fully saturated rings. The Morgan fingerprint density at radius 3 is 2.52 bits per heavy atom. The molecule has 0 bridgehead atoms. The van der Waals surface area contributed by atoms with Crippen LogP contribution in [0.1, 0.15) is 18.1 Å². The Kier molecular flexibility index (Phi) is 4.78. The smallest absolute Gasteiger partial charge is 0.163 e. The highest BCUT2D eigenvalue weighted by molar-refractivity contribution is 5.68. The zero-order valence-electron chi connectivity index (χ0n) is 15.5. The van der Waals surface area contributed by atoms with Crippen LogP contribution in [0.3, 0.4) is 0 Å². The number of nitrogens with one attached hydrogen (secondary N) is 2. The number of aromatic nitrogens is 2. The summed E-state index contributed by atoms with van der Waals surface area (Å²) in [7, 11) is 0. The van der Waals surface area contributed by atoms with Gasteiger partial charge in [0.05, 0.1) is 0 Å². The van der Waals surface area contributed by atoms with Crippen molar-refractivity contribution in [2.75, 3.05) is 23.8 Å². The van der Waals surface area contributed by atoms with Crippen molar-refractivity contribution in [3.8, 4) is 11.5 Å². The average Bonchev–Trinajstić information content (AvgIpc) is 2.70. The van der Waals surface area contributed by atoms with Gasteiger partial charge >= 0.3 is 0 Å². The number of fused-ring (bicyclic) bond motifs is 1. The summed E-state index contributed by atoms with van der Waals surface area (Å²) in [6.45, 7) is 5.39. The summed E-state index contributed by atoms with van der Waals surface area (Å²) in [5, 5.41) is 6.73. The molecule has 2 aromatic carbocycles. The number of hydrogen-bond donors (Lipinski definition) is 2. The van der Waals surface area contributed by atoms with Crippen molar-refractivity contribution < 1.29 is 9.47 Å². The molecule has 3 aromatic rings. The fraction of sp³-hybridized carbons (Fsp3) is 0.238. The van der Waals surface area contributed by atoms with Crippen molar-refractivity contribution in [3.05, 3.63) is 59.9 Å². The van der Waals surface area contributed by atoms with E-state index in [2.05, 4.69) is 52.6 Å². The van der Waals surface area contributed by atoms with Crippen LogP contribution in [0.25, 0.3) is 0 Å². The topological polar surface area (TPSA) is 68.3 Å². The Balaban J connectivity index is 1.55. The minimum atomic E-state index is 0.564. The lowest BCUT2D eigenvalue weighted by atomic mass is 10.1. The van der Waals surface area contributed by atoms with E-state index in [1.54, 1.807) is 6.33 Å². The standard InChI is InChI=1S/C21H22N4O2/c1-3-15-6-4-5-14(2)21(15)25-20-12-19(22-13-23-20)24-16-7-8-17-18(11-16)27-10-9-26-17/h4-8,11-13H,3,9-10H2,1-2H3,(H2,22,23,24,25). The number of para-hydroxylation sites is 1. The highest BCUT2D eigenvalue weighted by Crippen LogP contribution is 2.33. The van der Waals surface area contributed by atoms with Crippen LogP contribution in [-0.4, -0.2) is 23.2 Å². The van der Waals surface area contributed by atoms with Crippen molar-refractivity contribution in [1.29, 1.82) is 0 Å². The highest BCUT2D eigenvalue weighted by Gasteiger charge is 2.12. The Labute approximate surface area is 158 Å². The third-order valence-corrected chi connectivity index (χ3v) is 4.47. The third-order valence-electron chi connectivity index (χ3n) is 4.47. The van der Waals surface area contributed by atoms with Gasteiger partial charge in [-0.05, 0) is 36.6 Å². The van der Waals surface area contributed by atoms with Gasteiger partial charge < -0.3 is 20.1 Å². The fourth-order valence-corrected chi connectivity index (χ4v) is 3.09. The molecule has 6 heteroatoms. The van der Waals surface area contributed by atoms with E-state index in [-0.39, 0.29) is 0 Å². The quantitative estimate of drug-likeness (QED) is 0.691. The Bertz CT molecular complexity index is 959. The molecule has 1 aliphatic rings. The lowest BCUT2D eigenvalue weighted by molar-refractivity contribution is 0.171. The second kappa shape index (κ2) is 7.53. The van der Waals surface area contributed by atoms with E-state index in [0.717, 1.165) is 35.1 Å². The van der Waals surface area contributed by atoms with Crippen LogP contribution < -0.4 is 20.1 Å². The number of rotatable bonds is 5. The number of benzene rings is 2. The minimum Gasteiger partial charge on any atom is -0.486 e. The van der Waals surface area contributed by atoms with Crippen molar-refractivity contribution >= 4 is 23.0 Å². The molecule has 2 heterocycles. The SMILES string of the molecule is CCc1cccc(C)c1Nc1cc(Nc2ccc3c(c2)OCCO3)ncn1. The Morgan fingerprint density at radius 2 is 1.70 bits per heavy atom. The van der Waals surface area contributed by atoms with Gasteiger partial charge in [-0.1, -0.05) is 25.1 Å². The minimum absolute atomic E-state index is 0.564. The number of ether oxygens (including phenoxy) is 2. The van der Waals surface area contributed by atoms with Crippen molar-refractivity contribution in [2.24, 2.45) is 0 Å². The molecule has 0 atom stereocenters. The predicted molar refractivity (Wildman–Crippen MR) is 107 cm³/mol. The first kappa shape index (κ1) is 17.1. The van der Waals surface area contributed by atoms with E-state index in [0.29, 0.717) is 19.0 Å². The van der Waals surface area contributed by atoms with Crippen LogP contribution in [0.2, 0.25) is 0 Å². The maximum Gasteiger partial charge on any atom is 0.163 e. The Morgan fingerprint density at radius 1 is 0.926 bits per heavy atom. The van der Waals surface area contributed by atoms with E-state index >= 15 is 0 Å². The number of hydrogen-bond acceptors (Lipinski definition) is 6. The molecule has 138 valence electrons. The first-order chi connectivity index (χ1) is 13.2. The van der Waals surface area contributed by atoms with Crippen LogP contribution in [0.4, 0.5) is 23.0 Å². The van der Waals surface area contributed by atoms with Gasteiger partial charge in [-0.2, -0.15) is 0 Å². The molecule has 6 nitrogen and oxygen atoms in total. The predicted octanol–water partition coefficient (Wildman–Crippen LogP) is 4.61. The van der Waals surface area contributed by atoms with E-state index in [9.17, 15) is 0 Å². The molecule has 1 aromatic heterocycles. The maximum absolute atomic E-state index is 5.63. The van der Waals surface area contributed by atoms with Gasteiger partial charge in [0.25, 0.3) is 0 Å². The molecular formula is C21H22N4O2. The largest absolute Gasteiger partial charge is 0.486 e. The molecule has 0 aliphatic carbocycles. The van der Waals surface area contributed by atoms with Gasteiger partial charge in [-0.25, -0.2) is 9.97 Å². The number of aryl methyl sites for hydroxylation is 2. The molecule has 0 saturated heterocycles. The molecule has 2 N–H and O–H groups in total. The summed E-state index contributed by atoms with van der Waals surface area (Å²) >= 11 is 0. The summed E-state index contributed by atoms with van der Waals surface area (Å²) in [6, 6.07) is 14.0. The Hall–Kier alpha value is -3.28. The first-order valence-corrected chi connectivity index (χ1v) is 9.07. The van der Waals surface area contributed by atoms with E-state index < -0.39 is 0 Å². The summed E-state index contributed by atoms with van der Waals surface area (Å²) < 4.78 is 11.2. The molecule has 4 rings (SSSR count). The number of nitrogens with zero attached hydrogens (tertiary/aromatic N) is 2. The van der Waals surface area contributed by atoms with Gasteiger partial charge in [-0.3, -0.25) is 0 Å². The van der Waals surface area contributed by atoms with Crippen LogP contribution >= 0.6 is 0 Å². The van der Waals surface area contributed by atoms with Gasteiger partial charge in [-0.15, -0.1) is 0 Å². The molecule has 0 spiro atoms. The monoisotopic (exact) mass is 362 g/mol. The fourth-order valence-electron chi connectivity index (χ4n) is 3.09. The van der Waals surface area contributed by atoms with Gasteiger partial charge in [0, 0.05) is 23.5 Å². The summed E-state index contributed by atoms with van der Waals surface area (Å²) in [5.41, 5.74) is 4.43. The van der Waals surface area contributed by atoms with Crippen LogP contribution in [0.15, 0.2) is 48.8 Å². The van der Waals surface area contributed by atoms with Crippen LogP contribution in [0, 0.1) is 6.92 Å². The maximum atomic E-state index is 5.63. The molecule has 0 saturated carbocycles. The van der Waals surface area contributed by atoms with Crippen molar-refractivity contribution in [2.45, 2.75) is 20.3 Å². The highest BCUT2D eigenvalue weighted by atomic mass is 16.6. The first-order valence-electron chi connectivity index (χ1n) is 9.07. The molecule has 0 radical (unpaired) electrons. The zero-order chi connectivity index (χ0) is 18.6. The van der Waals surface area contributed by atoms with E-state index in [1.807, 2.05) is 24.3 Å². The third kappa shape index (κ3) is 3.79. The van der Waals surface area contributed by atoms with Gasteiger partial charge in [0.1, 0.15) is 31.2 Å². The van der Waals surface area contributed by atoms with E-state index in [1.165, 1.54) is 11.1 Å². The summed E-state index contributed by atoms with van der Waals surface area (Å²) in [6.07, 6.45) is 2.50. The molecule has 1 aliphatic heterocycles. The second-order valence-electron chi connectivity index (χ2n) is 6.36. The van der Waals surface area contributed by atoms with Crippen LogP contribution in [0.5, 0.6) is 11.5 Å². The molecule has 0 unspecified atom stereocenters. The van der Waals surface area contributed by atoms with Gasteiger partial charge in [0.15, 0.2) is 11.5 Å². The average molecular weight is 362 g/mol. The van der Waals surface area contributed by atoms with Crippen molar-refractivity contribution in [1.82, 2.24) is 9.97 Å². The number of anilines is 4. The summed E-state index contributed by atoms with van der Waals surface area (Å²) in [4.78, 5) is 8.68. The van der Waals surface area contributed by atoms with E-state index in [4.69, 9.17) is 9.47 Å². The molecule has 27 heavy (non-hydrogen) atoms. The lowest BCUT2D eigenvalue weighted by Gasteiger charge is -2.19. The van der Waals surface area contributed by atoms with Gasteiger partial charge in [0.2, 0.25) is 0 Å². The van der Waals surface area contributed by atoms with Crippen LogP contribution in [-0.2, 0) is 6.42 Å².